The summed E-state index contributed by atoms with van der Waals surface area (Å²) in [4.78, 5) is 14.3. The van der Waals surface area contributed by atoms with Crippen molar-refractivity contribution in [2.24, 2.45) is 0 Å². The van der Waals surface area contributed by atoms with Crippen LogP contribution in [0.5, 0.6) is 0 Å². The van der Waals surface area contributed by atoms with Crippen molar-refractivity contribution in [2.75, 3.05) is 18.8 Å². The van der Waals surface area contributed by atoms with E-state index < -0.39 is 0 Å². The highest BCUT2D eigenvalue weighted by atomic mass is 35.5. The molecule has 2 aromatic rings. The Hall–Kier alpha value is -2.55. The fourth-order valence-corrected chi connectivity index (χ4v) is 4.77. The minimum atomic E-state index is -0.106. The second-order valence-corrected chi connectivity index (χ2v) is 8.43. The van der Waals surface area contributed by atoms with E-state index in [9.17, 15) is 4.79 Å². The van der Waals surface area contributed by atoms with Gasteiger partial charge in [-0.2, -0.15) is 10.5 Å². The summed E-state index contributed by atoms with van der Waals surface area (Å²) in [6, 6.07) is 12.0. The van der Waals surface area contributed by atoms with Gasteiger partial charge in [0.25, 0.3) is 0 Å². The first-order valence-electron chi connectivity index (χ1n) is 10.00. The predicted octanol–water partition coefficient (Wildman–Crippen LogP) is 4.46. The molecule has 1 fully saturated rings. The van der Waals surface area contributed by atoms with Gasteiger partial charge in [-0.1, -0.05) is 48.3 Å². The SMILES string of the molecule is N#CCCN(CCC#N)C(=O)CSc1nnc(-c2ccccc2Cl)n1C1CCCC1. The molecule has 0 spiro atoms. The molecule has 0 N–H and O–H groups in total. The lowest BCUT2D eigenvalue weighted by molar-refractivity contribution is -0.128. The average molecular weight is 443 g/mol. The summed E-state index contributed by atoms with van der Waals surface area (Å²) in [7, 11) is 0. The Morgan fingerprint density at radius 3 is 2.47 bits per heavy atom. The summed E-state index contributed by atoms with van der Waals surface area (Å²) >= 11 is 7.76. The maximum atomic E-state index is 12.7. The van der Waals surface area contributed by atoms with E-state index in [0.717, 1.165) is 37.1 Å². The van der Waals surface area contributed by atoms with E-state index in [1.807, 2.05) is 24.3 Å². The molecule has 9 heteroatoms. The van der Waals surface area contributed by atoms with E-state index in [4.69, 9.17) is 22.1 Å². The van der Waals surface area contributed by atoms with Gasteiger partial charge in [0, 0.05) is 24.7 Å². The van der Waals surface area contributed by atoms with Crippen LogP contribution >= 0.6 is 23.4 Å². The molecule has 7 nitrogen and oxygen atoms in total. The van der Waals surface area contributed by atoms with Crippen LogP contribution in [0.15, 0.2) is 29.4 Å². The predicted molar refractivity (Wildman–Crippen MR) is 116 cm³/mol. The molecule has 0 bridgehead atoms. The number of carbonyl (C=O) groups is 1. The van der Waals surface area contributed by atoms with E-state index in [2.05, 4.69) is 26.9 Å². The topological polar surface area (TPSA) is 98.6 Å². The normalized spacial score (nSPS) is 13.7. The molecule has 1 saturated carbocycles. The van der Waals surface area contributed by atoms with Gasteiger partial charge in [0.1, 0.15) is 0 Å². The van der Waals surface area contributed by atoms with Crippen molar-refractivity contribution >= 4 is 29.3 Å². The monoisotopic (exact) mass is 442 g/mol. The van der Waals surface area contributed by atoms with Crippen LogP contribution in [0.1, 0.15) is 44.6 Å². The van der Waals surface area contributed by atoms with Crippen LogP contribution < -0.4 is 0 Å². The van der Waals surface area contributed by atoms with Crippen LogP contribution in [0.3, 0.4) is 0 Å². The molecule has 1 heterocycles. The molecule has 156 valence electrons. The second-order valence-electron chi connectivity index (χ2n) is 7.08. The number of hydrogen-bond acceptors (Lipinski definition) is 6. The van der Waals surface area contributed by atoms with Crippen LogP contribution in [-0.4, -0.2) is 44.4 Å². The van der Waals surface area contributed by atoms with Gasteiger partial charge in [-0.15, -0.1) is 10.2 Å². The van der Waals surface area contributed by atoms with Crippen molar-refractivity contribution in [3.63, 3.8) is 0 Å². The number of amides is 1. The Kier molecular flexibility index (Phi) is 8.12. The zero-order valence-electron chi connectivity index (χ0n) is 16.6. The third-order valence-electron chi connectivity index (χ3n) is 5.13. The third-order valence-corrected chi connectivity index (χ3v) is 6.39. The lowest BCUT2D eigenvalue weighted by Crippen LogP contribution is -2.34. The number of nitriles is 2. The van der Waals surface area contributed by atoms with Crippen molar-refractivity contribution in [2.45, 2.75) is 49.7 Å². The molecule has 0 atom stereocenters. The summed E-state index contributed by atoms with van der Waals surface area (Å²) in [5, 5.41) is 27.8. The van der Waals surface area contributed by atoms with Crippen molar-refractivity contribution in [3.8, 4) is 23.5 Å². The van der Waals surface area contributed by atoms with Gasteiger partial charge in [-0.05, 0) is 25.0 Å². The van der Waals surface area contributed by atoms with Crippen molar-refractivity contribution in [1.82, 2.24) is 19.7 Å². The number of carbonyl (C=O) groups excluding carboxylic acids is 1. The van der Waals surface area contributed by atoms with Gasteiger partial charge < -0.3 is 4.90 Å². The van der Waals surface area contributed by atoms with Crippen molar-refractivity contribution in [1.29, 1.82) is 10.5 Å². The summed E-state index contributed by atoms with van der Waals surface area (Å²) in [5.74, 6) is 0.809. The van der Waals surface area contributed by atoms with E-state index in [-0.39, 0.29) is 30.5 Å². The first kappa shape index (κ1) is 22.1. The molecule has 1 aromatic carbocycles. The zero-order chi connectivity index (χ0) is 21.3. The minimum Gasteiger partial charge on any atom is -0.340 e. The average Bonchev–Trinajstić information content (AvgIpc) is 3.42. The van der Waals surface area contributed by atoms with Gasteiger partial charge in [0.05, 0.1) is 35.8 Å². The van der Waals surface area contributed by atoms with E-state index in [0.29, 0.717) is 23.3 Å². The molecule has 1 amide bonds. The Bertz CT molecular complexity index is 939. The lowest BCUT2D eigenvalue weighted by atomic mass is 10.2. The fraction of sp³-hybridized carbons (Fsp3) is 0.476. The van der Waals surface area contributed by atoms with Crippen LogP contribution in [0, 0.1) is 22.7 Å². The number of nitrogens with zero attached hydrogens (tertiary/aromatic N) is 6. The summed E-state index contributed by atoms with van der Waals surface area (Å²) in [6.07, 6.45) is 4.91. The van der Waals surface area contributed by atoms with E-state index in [1.165, 1.54) is 11.8 Å². The third kappa shape index (κ3) is 5.33. The fourth-order valence-electron chi connectivity index (χ4n) is 3.64. The molecular formula is C21H23ClN6OS. The van der Waals surface area contributed by atoms with Gasteiger partial charge in [-0.3, -0.25) is 9.36 Å². The first-order valence-corrected chi connectivity index (χ1v) is 11.4. The molecule has 0 saturated heterocycles. The molecule has 0 aliphatic heterocycles. The van der Waals surface area contributed by atoms with Gasteiger partial charge >= 0.3 is 0 Å². The highest BCUT2D eigenvalue weighted by molar-refractivity contribution is 7.99. The maximum absolute atomic E-state index is 12.7. The highest BCUT2D eigenvalue weighted by Crippen LogP contribution is 2.38. The van der Waals surface area contributed by atoms with Crippen LogP contribution in [0.4, 0.5) is 0 Å². The highest BCUT2D eigenvalue weighted by Gasteiger charge is 2.26. The largest absolute Gasteiger partial charge is 0.340 e. The number of rotatable bonds is 9. The van der Waals surface area contributed by atoms with Gasteiger partial charge in [0.15, 0.2) is 11.0 Å². The second kappa shape index (κ2) is 11.0. The maximum Gasteiger partial charge on any atom is 0.233 e. The summed E-state index contributed by atoms with van der Waals surface area (Å²) in [6.45, 7) is 0.662. The number of halogens is 1. The lowest BCUT2D eigenvalue weighted by Gasteiger charge is -2.21. The van der Waals surface area contributed by atoms with Crippen LogP contribution in [-0.2, 0) is 4.79 Å². The zero-order valence-corrected chi connectivity index (χ0v) is 18.2. The molecule has 30 heavy (non-hydrogen) atoms. The quantitative estimate of drug-likeness (QED) is 0.531. The molecule has 1 aromatic heterocycles. The summed E-state index contributed by atoms with van der Waals surface area (Å²) in [5.41, 5.74) is 0.835. The van der Waals surface area contributed by atoms with E-state index in [1.54, 1.807) is 4.90 Å². The van der Waals surface area contributed by atoms with Crippen molar-refractivity contribution in [3.05, 3.63) is 29.3 Å². The molecule has 1 aliphatic carbocycles. The smallest absolute Gasteiger partial charge is 0.233 e. The molecule has 0 radical (unpaired) electrons. The summed E-state index contributed by atoms with van der Waals surface area (Å²) < 4.78 is 2.13. The Balaban J connectivity index is 1.80. The minimum absolute atomic E-state index is 0.106. The van der Waals surface area contributed by atoms with E-state index >= 15 is 0 Å². The van der Waals surface area contributed by atoms with Gasteiger partial charge in [0.2, 0.25) is 5.91 Å². The Morgan fingerprint density at radius 1 is 1.17 bits per heavy atom. The molecular weight excluding hydrogens is 420 g/mol. The van der Waals surface area contributed by atoms with Crippen LogP contribution in [0.2, 0.25) is 5.02 Å². The first-order chi connectivity index (χ1) is 14.7. The van der Waals surface area contributed by atoms with Crippen LogP contribution in [0.25, 0.3) is 11.4 Å². The molecule has 1 aliphatic rings. The standard InChI is InChI=1S/C21H23ClN6OS/c22-18-10-4-3-9-17(18)20-25-26-21(28(20)16-7-1-2-8-16)30-15-19(29)27(13-5-11-23)14-6-12-24/h3-4,9-10,16H,1-2,5-8,13-15H2. The number of hydrogen-bond donors (Lipinski definition) is 0. The number of benzene rings is 1. The number of aromatic nitrogens is 3. The Labute approximate surface area is 185 Å². The Morgan fingerprint density at radius 2 is 1.83 bits per heavy atom. The number of thioether (sulfide) groups is 1. The molecule has 3 rings (SSSR count). The molecule has 0 unspecified atom stereocenters. The van der Waals surface area contributed by atoms with Gasteiger partial charge in [-0.25, -0.2) is 0 Å². The van der Waals surface area contributed by atoms with Crippen molar-refractivity contribution < 1.29 is 4.79 Å².